The first kappa shape index (κ1) is 10.0. The van der Waals surface area contributed by atoms with Crippen LogP contribution in [0, 0.1) is 11.3 Å². The van der Waals surface area contributed by atoms with Gasteiger partial charge in [0.25, 0.3) is 0 Å². The first-order chi connectivity index (χ1) is 5.58. The number of hydrogen-bond donors (Lipinski definition) is 0. The summed E-state index contributed by atoms with van der Waals surface area (Å²) in [5.41, 5.74) is 0.364. The monoisotopic (exact) mass is 172 g/mol. The summed E-state index contributed by atoms with van der Waals surface area (Å²) in [6.45, 7) is 8.45. The largest absolute Gasteiger partial charge is 0.382 e. The zero-order chi connectivity index (χ0) is 9.19. The van der Waals surface area contributed by atoms with Crippen molar-refractivity contribution in [2.75, 3.05) is 20.3 Å². The predicted octanol–water partition coefficient (Wildman–Crippen LogP) is 2.08. The van der Waals surface area contributed by atoms with Gasteiger partial charge in [0, 0.05) is 7.11 Å². The molecule has 0 aromatic carbocycles. The van der Waals surface area contributed by atoms with Crippen molar-refractivity contribution in [3.05, 3.63) is 0 Å². The molecule has 0 aliphatic carbocycles. The quantitative estimate of drug-likeness (QED) is 0.649. The van der Waals surface area contributed by atoms with E-state index in [1.807, 2.05) is 0 Å². The van der Waals surface area contributed by atoms with E-state index in [0.717, 1.165) is 19.6 Å². The van der Waals surface area contributed by atoms with Gasteiger partial charge in [-0.05, 0) is 17.8 Å². The number of rotatable bonds is 3. The van der Waals surface area contributed by atoms with Gasteiger partial charge in [-0.15, -0.1) is 0 Å². The van der Waals surface area contributed by atoms with E-state index in [2.05, 4.69) is 20.8 Å². The summed E-state index contributed by atoms with van der Waals surface area (Å²) < 4.78 is 10.7. The molecule has 1 saturated heterocycles. The molecule has 2 nitrogen and oxygen atoms in total. The van der Waals surface area contributed by atoms with Crippen LogP contribution >= 0.6 is 0 Å². The van der Waals surface area contributed by atoms with E-state index in [1.165, 1.54) is 0 Å². The zero-order valence-electron chi connectivity index (χ0n) is 8.59. The fourth-order valence-electron chi connectivity index (χ4n) is 1.64. The van der Waals surface area contributed by atoms with E-state index in [0.29, 0.717) is 17.4 Å². The second-order valence-electron chi connectivity index (χ2n) is 4.40. The Balaban J connectivity index is 2.43. The minimum atomic E-state index is 0.322. The van der Waals surface area contributed by atoms with E-state index in [4.69, 9.17) is 9.47 Å². The first-order valence-corrected chi connectivity index (χ1v) is 4.69. The Kier molecular flexibility index (Phi) is 3.13. The van der Waals surface area contributed by atoms with Gasteiger partial charge in [-0.25, -0.2) is 0 Å². The van der Waals surface area contributed by atoms with Crippen LogP contribution in [-0.4, -0.2) is 26.4 Å². The molecule has 0 aromatic rings. The highest BCUT2D eigenvalue weighted by atomic mass is 16.5. The molecule has 0 N–H and O–H groups in total. The van der Waals surface area contributed by atoms with Crippen molar-refractivity contribution in [2.24, 2.45) is 11.3 Å². The second kappa shape index (κ2) is 3.75. The molecule has 1 fully saturated rings. The summed E-state index contributed by atoms with van der Waals surface area (Å²) in [5, 5.41) is 0. The van der Waals surface area contributed by atoms with Crippen LogP contribution < -0.4 is 0 Å². The number of hydrogen-bond acceptors (Lipinski definition) is 2. The minimum Gasteiger partial charge on any atom is -0.382 e. The molecule has 2 heteroatoms. The van der Waals surface area contributed by atoms with Crippen LogP contribution in [0.15, 0.2) is 0 Å². The summed E-state index contributed by atoms with van der Waals surface area (Å²) in [5.74, 6) is 0.694. The summed E-state index contributed by atoms with van der Waals surface area (Å²) in [6, 6.07) is 0. The lowest BCUT2D eigenvalue weighted by Crippen LogP contribution is -2.24. The normalized spacial score (nSPS) is 36.2. The highest BCUT2D eigenvalue weighted by Crippen LogP contribution is 2.38. The maximum Gasteiger partial charge on any atom is 0.0814 e. The van der Waals surface area contributed by atoms with Crippen LogP contribution in [-0.2, 0) is 9.47 Å². The van der Waals surface area contributed by atoms with E-state index in [1.54, 1.807) is 7.11 Å². The van der Waals surface area contributed by atoms with Crippen LogP contribution in [0.5, 0.6) is 0 Å². The molecule has 1 heterocycles. The van der Waals surface area contributed by atoms with Crippen LogP contribution in [0.3, 0.4) is 0 Å². The first-order valence-electron chi connectivity index (χ1n) is 4.69. The number of methoxy groups -OCH3 is 1. The molecule has 0 spiro atoms. The summed E-state index contributed by atoms with van der Waals surface area (Å²) in [4.78, 5) is 0. The van der Waals surface area contributed by atoms with Gasteiger partial charge in [-0.3, -0.25) is 0 Å². The van der Waals surface area contributed by atoms with Crippen molar-refractivity contribution in [1.82, 2.24) is 0 Å². The van der Waals surface area contributed by atoms with E-state index < -0.39 is 0 Å². The average Bonchev–Trinajstić information content (AvgIpc) is 2.34. The van der Waals surface area contributed by atoms with Gasteiger partial charge in [0.15, 0.2) is 0 Å². The van der Waals surface area contributed by atoms with Crippen LogP contribution in [0.1, 0.15) is 27.2 Å². The summed E-state index contributed by atoms with van der Waals surface area (Å²) in [7, 11) is 1.73. The SMILES string of the molecule is COCC1CC(C)(C(C)C)CO1. The molecule has 0 amide bonds. The lowest BCUT2D eigenvalue weighted by Gasteiger charge is -2.26. The average molecular weight is 172 g/mol. The highest BCUT2D eigenvalue weighted by Gasteiger charge is 2.38. The van der Waals surface area contributed by atoms with Crippen LogP contribution in [0.25, 0.3) is 0 Å². The van der Waals surface area contributed by atoms with Gasteiger partial charge in [-0.2, -0.15) is 0 Å². The Morgan fingerprint density at radius 1 is 1.58 bits per heavy atom. The molecular weight excluding hydrogens is 152 g/mol. The molecule has 1 aliphatic rings. The van der Waals surface area contributed by atoms with Gasteiger partial charge in [-0.1, -0.05) is 20.8 Å². The Hall–Kier alpha value is -0.0800. The standard InChI is InChI=1S/C10H20O2/c1-8(2)10(3)5-9(6-11-4)12-7-10/h8-9H,5-7H2,1-4H3. The third-order valence-corrected chi connectivity index (χ3v) is 3.09. The Morgan fingerprint density at radius 2 is 2.25 bits per heavy atom. The molecule has 0 bridgehead atoms. The minimum absolute atomic E-state index is 0.322. The van der Waals surface area contributed by atoms with Gasteiger partial charge < -0.3 is 9.47 Å². The molecule has 1 rings (SSSR count). The Bertz CT molecular complexity index is 145. The van der Waals surface area contributed by atoms with Crippen LogP contribution in [0.4, 0.5) is 0 Å². The molecule has 0 saturated carbocycles. The maximum atomic E-state index is 5.65. The molecule has 2 unspecified atom stereocenters. The molecule has 12 heavy (non-hydrogen) atoms. The lowest BCUT2D eigenvalue weighted by atomic mass is 9.77. The van der Waals surface area contributed by atoms with Crippen molar-refractivity contribution in [1.29, 1.82) is 0 Å². The molecule has 0 radical (unpaired) electrons. The summed E-state index contributed by atoms with van der Waals surface area (Å²) in [6.07, 6.45) is 1.46. The smallest absolute Gasteiger partial charge is 0.0814 e. The van der Waals surface area contributed by atoms with Gasteiger partial charge in [0.2, 0.25) is 0 Å². The van der Waals surface area contributed by atoms with Crippen LogP contribution in [0.2, 0.25) is 0 Å². The molecule has 1 aliphatic heterocycles. The fraction of sp³-hybridized carbons (Fsp3) is 1.00. The third-order valence-electron chi connectivity index (χ3n) is 3.09. The summed E-state index contributed by atoms with van der Waals surface area (Å²) >= 11 is 0. The third kappa shape index (κ3) is 1.99. The van der Waals surface area contributed by atoms with Gasteiger partial charge in [0.05, 0.1) is 19.3 Å². The molecule has 72 valence electrons. The van der Waals surface area contributed by atoms with Crippen molar-refractivity contribution in [3.8, 4) is 0 Å². The highest BCUT2D eigenvalue weighted by molar-refractivity contribution is 4.86. The molecular formula is C10H20O2. The van der Waals surface area contributed by atoms with Crippen molar-refractivity contribution in [2.45, 2.75) is 33.3 Å². The fourth-order valence-corrected chi connectivity index (χ4v) is 1.64. The van der Waals surface area contributed by atoms with E-state index in [-0.39, 0.29) is 0 Å². The van der Waals surface area contributed by atoms with Crippen molar-refractivity contribution in [3.63, 3.8) is 0 Å². The predicted molar refractivity (Wildman–Crippen MR) is 49.2 cm³/mol. The van der Waals surface area contributed by atoms with E-state index in [9.17, 15) is 0 Å². The zero-order valence-corrected chi connectivity index (χ0v) is 8.59. The topological polar surface area (TPSA) is 18.5 Å². The maximum absolute atomic E-state index is 5.65. The van der Waals surface area contributed by atoms with Crippen molar-refractivity contribution < 1.29 is 9.47 Å². The van der Waals surface area contributed by atoms with Gasteiger partial charge >= 0.3 is 0 Å². The van der Waals surface area contributed by atoms with Crippen molar-refractivity contribution >= 4 is 0 Å². The Morgan fingerprint density at radius 3 is 2.67 bits per heavy atom. The number of ether oxygens (including phenoxy) is 2. The lowest BCUT2D eigenvalue weighted by molar-refractivity contribution is 0.0327. The molecule has 0 aromatic heterocycles. The van der Waals surface area contributed by atoms with E-state index >= 15 is 0 Å². The molecule has 2 atom stereocenters. The van der Waals surface area contributed by atoms with Gasteiger partial charge in [0.1, 0.15) is 0 Å². The second-order valence-corrected chi connectivity index (χ2v) is 4.40. The Labute approximate surface area is 75.2 Å².